The summed E-state index contributed by atoms with van der Waals surface area (Å²) >= 11 is 0. The van der Waals surface area contributed by atoms with Crippen LogP contribution in [0.2, 0.25) is 0 Å². The molecule has 1 rings (SSSR count). The molecule has 0 spiro atoms. The number of nitrogens with two attached hydrogens (primary N) is 1. The molecule has 0 radical (unpaired) electrons. The summed E-state index contributed by atoms with van der Waals surface area (Å²) in [6.07, 6.45) is 6.66. The lowest BCUT2D eigenvalue weighted by Crippen LogP contribution is -1.95. The molecule has 0 aliphatic rings. The lowest BCUT2D eigenvalue weighted by atomic mass is 10.1. The van der Waals surface area contributed by atoms with E-state index < -0.39 is 0 Å². The third-order valence-electron chi connectivity index (χ3n) is 2.45. The van der Waals surface area contributed by atoms with Crippen LogP contribution in [0.4, 0.5) is 0 Å². The molecule has 0 aliphatic carbocycles. The van der Waals surface area contributed by atoms with Crippen LogP contribution >= 0.6 is 0 Å². The zero-order chi connectivity index (χ0) is 15.1. The Hall–Kier alpha value is -1.50. The molecule has 0 bridgehead atoms. The molecule has 1 aromatic rings. The minimum atomic E-state index is 0.816. The minimum absolute atomic E-state index is 0.816. The summed E-state index contributed by atoms with van der Waals surface area (Å²) in [5.74, 6) is 0. The predicted molar refractivity (Wildman–Crippen MR) is 90.0 cm³/mol. The molecule has 0 saturated heterocycles. The number of allylic oxidation sites excluding steroid dienone is 3. The minimum Gasteiger partial charge on any atom is -0.398 e. The fourth-order valence-corrected chi connectivity index (χ4v) is 1.04. The van der Waals surface area contributed by atoms with Gasteiger partial charge in [-0.1, -0.05) is 82.5 Å². The van der Waals surface area contributed by atoms with E-state index in [-0.39, 0.29) is 0 Å². The van der Waals surface area contributed by atoms with Crippen LogP contribution in [-0.4, -0.2) is 0 Å². The second-order valence-electron chi connectivity index (χ2n) is 4.00. The summed E-state index contributed by atoms with van der Waals surface area (Å²) in [5, 5.41) is 0. The molecule has 1 heteroatoms. The normalized spacial score (nSPS) is 10.8. The average Bonchev–Trinajstić information content (AvgIpc) is 2.50. The van der Waals surface area contributed by atoms with Crippen molar-refractivity contribution in [1.29, 1.82) is 0 Å². The number of hydrogen-bond donors (Lipinski definition) is 1. The first-order chi connectivity index (χ1) is 9.15. The van der Waals surface area contributed by atoms with Crippen LogP contribution in [0, 0.1) is 0 Å². The van der Waals surface area contributed by atoms with E-state index in [4.69, 9.17) is 5.73 Å². The molecule has 1 nitrogen and oxygen atoms in total. The smallest absolute Gasteiger partial charge is 0.0390 e. The number of unbranched alkanes of at least 4 members (excludes halogenated alkanes) is 1. The van der Waals surface area contributed by atoms with Crippen molar-refractivity contribution in [1.82, 2.24) is 0 Å². The fourth-order valence-electron chi connectivity index (χ4n) is 1.04. The van der Waals surface area contributed by atoms with Crippen molar-refractivity contribution in [3.8, 4) is 0 Å². The van der Waals surface area contributed by atoms with Gasteiger partial charge in [0.1, 0.15) is 0 Å². The van der Waals surface area contributed by atoms with Gasteiger partial charge in [0, 0.05) is 5.70 Å². The van der Waals surface area contributed by atoms with Gasteiger partial charge in [0.25, 0.3) is 0 Å². The Morgan fingerprint density at radius 3 is 1.89 bits per heavy atom. The third kappa shape index (κ3) is 11.3. The Morgan fingerprint density at radius 1 is 1.05 bits per heavy atom. The molecular weight excluding hydrogens is 230 g/mol. The lowest BCUT2D eigenvalue weighted by Gasteiger charge is -2.00. The van der Waals surface area contributed by atoms with Gasteiger partial charge in [0.05, 0.1) is 0 Å². The molecule has 0 amide bonds. The first-order valence-corrected chi connectivity index (χ1v) is 7.31. The largest absolute Gasteiger partial charge is 0.398 e. The molecule has 108 valence electrons. The zero-order valence-corrected chi connectivity index (χ0v) is 13.5. The van der Waals surface area contributed by atoms with E-state index in [9.17, 15) is 0 Å². The SMILES string of the molecule is C/C=C(C)\C=C(/N)c1ccccc1.CC.CCCC. The van der Waals surface area contributed by atoms with Gasteiger partial charge in [-0.2, -0.15) is 0 Å². The molecule has 0 aromatic heterocycles. The maximum absolute atomic E-state index is 5.89. The third-order valence-corrected chi connectivity index (χ3v) is 2.45. The number of rotatable bonds is 3. The number of hydrogen-bond acceptors (Lipinski definition) is 1. The van der Waals surface area contributed by atoms with E-state index in [1.165, 1.54) is 18.4 Å². The Labute approximate surface area is 120 Å². The van der Waals surface area contributed by atoms with Crippen molar-refractivity contribution < 1.29 is 0 Å². The first-order valence-electron chi connectivity index (χ1n) is 7.31. The van der Waals surface area contributed by atoms with Gasteiger partial charge in [-0.3, -0.25) is 0 Å². The quantitative estimate of drug-likeness (QED) is 0.685. The molecule has 1 aromatic carbocycles. The molecule has 0 unspecified atom stereocenters. The highest BCUT2D eigenvalue weighted by Crippen LogP contribution is 2.10. The van der Waals surface area contributed by atoms with E-state index in [1.54, 1.807) is 0 Å². The molecule has 0 aliphatic heterocycles. The molecule has 2 N–H and O–H groups in total. The Balaban J connectivity index is 0. The van der Waals surface area contributed by atoms with Gasteiger partial charge in [0.15, 0.2) is 0 Å². The summed E-state index contributed by atoms with van der Waals surface area (Å²) in [6, 6.07) is 9.98. The summed E-state index contributed by atoms with van der Waals surface area (Å²) in [4.78, 5) is 0. The standard InChI is InChI=1S/C12H15N.C4H10.C2H6/c1-3-10(2)9-12(13)11-7-5-4-6-8-11;1-3-4-2;1-2/h3-9H,13H2,1-2H3;3-4H2,1-2H3;1-2H3/b10-3-,12-9-;;. The van der Waals surface area contributed by atoms with Crippen LogP contribution in [0.15, 0.2) is 48.1 Å². The van der Waals surface area contributed by atoms with Crippen molar-refractivity contribution in [3.05, 3.63) is 53.6 Å². The van der Waals surface area contributed by atoms with Crippen LogP contribution in [0.5, 0.6) is 0 Å². The van der Waals surface area contributed by atoms with Crippen LogP contribution < -0.4 is 5.73 Å². The molecular formula is C18H31N. The van der Waals surface area contributed by atoms with Crippen LogP contribution in [-0.2, 0) is 0 Å². The van der Waals surface area contributed by atoms with Crippen molar-refractivity contribution in [2.45, 2.75) is 54.4 Å². The highest BCUT2D eigenvalue weighted by Gasteiger charge is 1.93. The average molecular weight is 261 g/mol. The van der Waals surface area contributed by atoms with Gasteiger partial charge in [-0.05, 0) is 25.5 Å². The van der Waals surface area contributed by atoms with Crippen molar-refractivity contribution in [2.75, 3.05) is 0 Å². The summed E-state index contributed by atoms with van der Waals surface area (Å²) in [7, 11) is 0. The topological polar surface area (TPSA) is 26.0 Å². The monoisotopic (exact) mass is 261 g/mol. The van der Waals surface area contributed by atoms with E-state index in [0.717, 1.165) is 11.3 Å². The zero-order valence-electron chi connectivity index (χ0n) is 13.5. The molecule has 0 atom stereocenters. The van der Waals surface area contributed by atoms with E-state index in [2.05, 4.69) is 13.8 Å². The summed E-state index contributed by atoms with van der Waals surface area (Å²) < 4.78 is 0. The molecule has 0 heterocycles. The second-order valence-corrected chi connectivity index (χ2v) is 4.00. The van der Waals surface area contributed by atoms with Gasteiger partial charge in [-0.15, -0.1) is 0 Å². The van der Waals surface area contributed by atoms with Gasteiger partial charge < -0.3 is 5.73 Å². The van der Waals surface area contributed by atoms with Crippen LogP contribution in [0.3, 0.4) is 0 Å². The van der Waals surface area contributed by atoms with E-state index >= 15 is 0 Å². The highest BCUT2D eigenvalue weighted by atomic mass is 14.6. The Bertz CT molecular complexity index is 345. The first kappa shape index (κ1) is 19.8. The van der Waals surface area contributed by atoms with Crippen molar-refractivity contribution >= 4 is 5.70 Å². The highest BCUT2D eigenvalue weighted by molar-refractivity contribution is 5.64. The lowest BCUT2D eigenvalue weighted by molar-refractivity contribution is 0.886. The molecule has 0 fully saturated rings. The Morgan fingerprint density at radius 2 is 1.53 bits per heavy atom. The maximum atomic E-state index is 5.89. The Kier molecular flexibility index (Phi) is 15.2. The van der Waals surface area contributed by atoms with Gasteiger partial charge in [0.2, 0.25) is 0 Å². The molecule has 0 saturated carbocycles. The van der Waals surface area contributed by atoms with Crippen LogP contribution in [0.1, 0.15) is 59.9 Å². The van der Waals surface area contributed by atoms with Crippen molar-refractivity contribution in [3.63, 3.8) is 0 Å². The van der Waals surface area contributed by atoms with E-state index in [1.807, 2.05) is 70.2 Å². The number of benzene rings is 1. The maximum Gasteiger partial charge on any atom is 0.0390 e. The predicted octanol–water partition coefficient (Wildman–Crippen LogP) is 5.79. The fraction of sp³-hybridized carbons (Fsp3) is 0.444. The second kappa shape index (κ2) is 14.6. The van der Waals surface area contributed by atoms with Crippen LogP contribution in [0.25, 0.3) is 5.70 Å². The summed E-state index contributed by atoms with van der Waals surface area (Å²) in [6.45, 7) is 12.4. The van der Waals surface area contributed by atoms with E-state index in [0.29, 0.717) is 0 Å². The summed E-state index contributed by atoms with van der Waals surface area (Å²) in [5.41, 5.74) is 8.96. The van der Waals surface area contributed by atoms with Gasteiger partial charge >= 0.3 is 0 Å². The van der Waals surface area contributed by atoms with Gasteiger partial charge in [-0.25, -0.2) is 0 Å². The molecule has 19 heavy (non-hydrogen) atoms. The van der Waals surface area contributed by atoms with Crippen molar-refractivity contribution in [2.24, 2.45) is 5.73 Å².